The molecule has 12 aromatic rings. The van der Waals surface area contributed by atoms with E-state index in [9.17, 15) is 4.39 Å². The summed E-state index contributed by atoms with van der Waals surface area (Å²) in [6.45, 7) is 20.0. The molecule has 13 heterocycles. The van der Waals surface area contributed by atoms with Crippen molar-refractivity contribution in [1.82, 2.24) is 74.1 Å². The van der Waals surface area contributed by atoms with Gasteiger partial charge in [-0.05, 0) is 224 Å². The molecule has 7 aliphatic rings. The van der Waals surface area contributed by atoms with Gasteiger partial charge >= 0.3 is 0 Å². The number of tetrazole rings is 1. The Bertz CT molecular complexity index is 5130. The summed E-state index contributed by atoms with van der Waals surface area (Å²) in [5, 5.41) is 55.6. The predicted octanol–water partition coefficient (Wildman–Crippen LogP) is 13.1. The average Bonchev–Trinajstić information content (AvgIpc) is 1.69. The van der Waals surface area contributed by atoms with Crippen molar-refractivity contribution in [3.05, 3.63) is 210 Å². The fourth-order valence-electron chi connectivity index (χ4n) is 16.2. The molecule has 21 heteroatoms. The number of fused-ring (bicyclic) bond motifs is 15. The van der Waals surface area contributed by atoms with Gasteiger partial charge in [0.05, 0.1) is 57.4 Å². The van der Waals surface area contributed by atoms with E-state index in [1.54, 1.807) is 12.1 Å². The molecule has 506 valence electrons. The molecule has 0 saturated carbocycles. The Balaban J connectivity index is 0.000000113. The third-order valence-corrected chi connectivity index (χ3v) is 21.5. The van der Waals surface area contributed by atoms with Crippen molar-refractivity contribution in [2.24, 2.45) is 17.3 Å². The van der Waals surface area contributed by atoms with Crippen molar-refractivity contribution >= 4 is 17.1 Å². The van der Waals surface area contributed by atoms with E-state index >= 15 is 0 Å². The summed E-state index contributed by atoms with van der Waals surface area (Å²) in [6, 6.07) is 53.1. The first kappa shape index (κ1) is 63.2. The summed E-state index contributed by atoms with van der Waals surface area (Å²) in [4.78, 5) is 7.50. The molecule has 2 N–H and O–H groups in total. The molecule has 1 spiro atoms. The minimum Gasteiger partial charge on any atom is -0.371 e. The third-order valence-electron chi connectivity index (χ3n) is 21.5. The van der Waals surface area contributed by atoms with E-state index in [1.807, 2.05) is 66.5 Å². The van der Waals surface area contributed by atoms with Crippen molar-refractivity contribution in [1.29, 1.82) is 10.5 Å². The van der Waals surface area contributed by atoms with Gasteiger partial charge in [-0.3, -0.25) is 9.13 Å². The molecule has 1 atom stereocenters. The van der Waals surface area contributed by atoms with Crippen LogP contribution in [0.25, 0.3) is 85.0 Å². The highest BCUT2D eigenvalue weighted by Crippen LogP contribution is 2.43. The highest BCUT2D eigenvalue weighted by molar-refractivity contribution is 5.76. The monoisotopic (exact) mass is 1340 g/mol. The zero-order valence-corrected chi connectivity index (χ0v) is 57.2. The van der Waals surface area contributed by atoms with E-state index < -0.39 is 0 Å². The summed E-state index contributed by atoms with van der Waals surface area (Å²) in [5.74, 6) is 4.61. The minimum atomic E-state index is -0.235. The first-order valence-electron chi connectivity index (χ1n) is 35.6. The Kier molecular flexibility index (Phi) is 16.5. The number of nitrogens with zero attached hydrogens (tertiary/aromatic N) is 18. The van der Waals surface area contributed by atoms with E-state index in [2.05, 4.69) is 201 Å². The molecular weight excluding hydrogens is 1260 g/mol. The second-order valence-electron chi connectivity index (χ2n) is 28.4. The molecule has 6 aromatic heterocycles. The molecule has 0 bridgehead atoms. The van der Waals surface area contributed by atoms with E-state index in [0.29, 0.717) is 34.8 Å². The lowest BCUT2D eigenvalue weighted by Crippen LogP contribution is -2.62. The molecule has 0 radical (unpaired) electrons. The van der Waals surface area contributed by atoms with Gasteiger partial charge in [0.2, 0.25) is 5.82 Å². The normalized spacial score (nSPS) is 16.4. The maximum absolute atomic E-state index is 13.4. The topological polar surface area (TPSA) is 201 Å². The Hall–Kier alpha value is -11.3. The van der Waals surface area contributed by atoms with Crippen molar-refractivity contribution in [3.63, 3.8) is 0 Å². The maximum atomic E-state index is 13.4. The second kappa shape index (κ2) is 26.4. The SMILES string of the molecule is CCCC1CN(c2ccc3c(c2)Cn2cc(-c4ccc(C#N)cc4)cc2-c2nnc(C)n2-3)C1.CCCNCC1CCN(c2ccc3c(c2)Cn2cc(-c4ccc(C#N)cc4)cc2-c2nncn2-3)C1.Fc1ccc(-c2cc3n(c2)Cc2cc(N4CC5(CCCNC5)C4)ccc2-n2nnnc2-3)cc1. The Morgan fingerprint density at radius 1 is 0.574 bits per heavy atom. The van der Waals surface area contributed by atoms with Gasteiger partial charge in [0.25, 0.3) is 0 Å². The van der Waals surface area contributed by atoms with Crippen LogP contribution in [-0.4, -0.2) is 129 Å². The number of aryl methyl sites for hydroxylation is 1. The van der Waals surface area contributed by atoms with Crippen LogP contribution in [0.2, 0.25) is 0 Å². The Morgan fingerprint density at radius 3 is 1.75 bits per heavy atom. The zero-order valence-electron chi connectivity index (χ0n) is 57.2. The number of halogens is 1. The van der Waals surface area contributed by atoms with Gasteiger partial charge in [-0.25, -0.2) is 4.39 Å². The zero-order chi connectivity index (χ0) is 68.3. The van der Waals surface area contributed by atoms with Gasteiger partial charge in [-0.15, -0.1) is 25.5 Å². The standard InChI is InChI=1S/C28H29N7.C27H26N6.C25H24FN7/c1-2-10-30-15-21-9-11-33(16-21)25-7-8-26-24(12-25)18-34-17-23(22-5-3-20(14-29)4-6-22)13-27(34)28-32-31-19-35(26)28;1-3-4-20-14-31(15-20)24-9-10-25-23(11-24)17-32-16-22(21-7-5-19(13-28)6-8-21)12-26(32)27-30-29-18(2)33(25)27;26-20-4-2-17(3-5-20)18-11-23-24-28-29-30-33(24)22-7-6-21(10-19(22)13-31(23)12-18)32-15-25(16-32)8-1-9-27-14-25/h3-8,12-13,17,19,21,30H,2,9-11,15-16,18H2,1H3;5-12,16,20H,3-4,14-15,17H2,1-2H3;2-7,10-12,27H,1,8-9,13-16H2. The van der Waals surface area contributed by atoms with Gasteiger partial charge in [0, 0.05) is 123 Å². The number of benzene rings is 6. The van der Waals surface area contributed by atoms with E-state index in [1.165, 1.54) is 84.4 Å². The lowest BCUT2D eigenvalue weighted by atomic mass is 9.74. The summed E-state index contributed by atoms with van der Waals surface area (Å²) >= 11 is 0. The van der Waals surface area contributed by atoms with E-state index in [-0.39, 0.29) is 5.82 Å². The minimum absolute atomic E-state index is 0.235. The Morgan fingerprint density at radius 2 is 1.14 bits per heavy atom. The van der Waals surface area contributed by atoms with E-state index in [0.717, 1.165) is 169 Å². The summed E-state index contributed by atoms with van der Waals surface area (Å²) in [6.07, 6.45) is 15.9. The molecule has 20 nitrogen and oxygen atoms in total. The molecule has 6 aromatic carbocycles. The molecule has 101 heavy (non-hydrogen) atoms. The van der Waals surface area contributed by atoms with Crippen molar-refractivity contribution in [3.8, 4) is 97.1 Å². The summed E-state index contributed by atoms with van der Waals surface area (Å²) < 4.78 is 26.3. The van der Waals surface area contributed by atoms with Crippen LogP contribution in [0, 0.1) is 52.7 Å². The quantitative estimate of drug-likeness (QED) is 0.109. The van der Waals surface area contributed by atoms with E-state index in [4.69, 9.17) is 10.5 Å². The maximum Gasteiger partial charge on any atom is 0.203 e. The first-order valence-corrected chi connectivity index (χ1v) is 35.6. The lowest BCUT2D eigenvalue weighted by Gasteiger charge is -2.53. The van der Waals surface area contributed by atoms with Crippen molar-refractivity contribution in [2.45, 2.75) is 78.9 Å². The molecular formula is C80H79FN20. The number of hydrogen-bond donors (Lipinski definition) is 2. The fraction of sp³-hybridized carbons (Fsp3) is 0.312. The number of rotatable bonds is 12. The number of nitrogens with one attached hydrogen (secondary N) is 2. The van der Waals surface area contributed by atoms with Crippen molar-refractivity contribution < 1.29 is 4.39 Å². The summed E-state index contributed by atoms with van der Waals surface area (Å²) in [7, 11) is 0. The third kappa shape index (κ3) is 12.0. The molecule has 7 aliphatic heterocycles. The molecule has 1 unspecified atom stereocenters. The highest BCUT2D eigenvalue weighted by Gasteiger charge is 2.44. The molecule has 0 aliphatic carbocycles. The number of nitriles is 2. The predicted molar refractivity (Wildman–Crippen MR) is 391 cm³/mol. The summed E-state index contributed by atoms with van der Waals surface area (Å²) in [5.41, 5.74) is 22.1. The van der Waals surface area contributed by atoms with Crippen LogP contribution in [0.1, 0.15) is 86.0 Å². The molecule has 4 saturated heterocycles. The lowest BCUT2D eigenvalue weighted by molar-refractivity contribution is 0.157. The first-order chi connectivity index (χ1) is 49.5. The van der Waals surface area contributed by atoms with Crippen LogP contribution in [0.5, 0.6) is 0 Å². The van der Waals surface area contributed by atoms with Gasteiger partial charge in [0.15, 0.2) is 11.6 Å². The van der Waals surface area contributed by atoms with Crippen LogP contribution < -0.4 is 25.3 Å². The van der Waals surface area contributed by atoms with Gasteiger partial charge in [0.1, 0.15) is 18.0 Å². The number of hydrogen-bond acceptors (Lipinski definition) is 14. The largest absolute Gasteiger partial charge is 0.371 e. The number of anilines is 3. The van der Waals surface area contributed by atoms with Gasteiger partial charge < -0.3 is 39.0 Å². The van der Waals surface area contributed by atoms with Crippen LogP contribution in [0.3, 0.4) is 0 Å². The van der Waals surface area contributed by atoms with Crippen LogP contribution in [0.4, 0.5) is 21.5 Å². The van der Waals surface area contributed by atoms with Crippen molar-refractivity contribution in [2.75, 3.05) is 80.1 Å². The van der Waals surface area contributed by atoms with Crippen LogP contribution in [0.15, 0.2) is 171 Å². The average molecular weight is 1340 g/mol. The van der Waals surface area contributed by atoms with Crippen LogP contribution >= 0.6 is 0 Å². The fourth-order valence-corrected chi connectivity index (χ4v) is 16.2. The molecule has 4 fully saturated rings. The smallest absolute Gasteiger partial charge is 0.203 e. The van der Waals surface area contributed by atoms with Crippen LogP contribution in [-0.2, 0) is 19.6 Å². The molecule has 19 rings (SSSR count). The number of aromatic nitrogens is 13. The second-order valence-corrected chi connectivity index (χ2v) is 28.4. The van der Waals surface area contributed by atoms with Gasteiger partial charge in [-0.2, -0.15) is 15.2 Å². The molecule has 0 amide bonds. The Labute approximate surface area is 586 Å². The highest BCUT2D eigenvalue weighted by atomic mass is 19.1. The number of piperidine rings is 1. The van der Waals surface area contributed by atoms with Gasteiger partial charge in [-0.1, -0.05) is 56.7 Å².